The quantitative estimate of drug-likeness (QED) is 0.842. The predicted molar refractivity (Wildman–Crippen MR) is 77.1 cm³/mol. The van der Waals surface area contributed by atoms with Crippen LogP contribution in [0.1, 0.15) is 49.7 Å². The molecule has 1 aromatic carbocycles. The van der Waals surface area contributed by atoms with E-state index < -0.39 is 0 Å². The smallest absolute Gasteiger partial charge is 0.227 e. The lowest BCUT2D eigenvalue weighted by Gasteiger charge is -2.39. The lowest BCUT2D eigenvalue weighted by molar-refractivity contribution is -0.118. The van der Waals surface area contributed by atoms with Gasteiger partial charge in [-0.05, 0) is 30.4 Å². The zero-order chi connectivity index (χ0) is 13.5. The molecular formula is C16H22N2O. The Bertz CT molecular complexity index is 503. The molecule has 2 aliphatic rings. The van der Waals surface area contributed by atoms with E-state index in [0.29, 0.717) is 6.42 Å². The van der Waals surface area contributed by atoms with E-state index in [1.54, 1.807) is 0 Å². The number of nitrogens with zero attached hydrogens (tertiary/aromatic N) is 1. The maximum Gasteiger partial charge on any atom is 0.227 e. The summed E-state index contributed by atoms with van der Waals surface area (Å²) in [6, 6.07) is 6.36. The normalized spacial score (nSPS) is 22.2. The van der Waals surface area contributed by atoms with E-state index in [2.05, 4.69) is 18.2 Å². The van der Waals surface area contributed by atoms with Gasteiger partial charge < -0.3 is 10.6 Å². The third-order valence-corrected chi connectivity index (χ3v) is 4.72. The summed E-state index contributed by atoms with van der Waals surface area (Å²) in [4.78, 5) is 13.8. The predicted octanol–water partition coefficient (Wildman–Crippen LogP) is 2.71. The summed E-state index contributed by atoms with van der Waals surface area (Å²) in [5.74, 6) is 0.208. The Morgan fingerprint density at radius 3 is 2.63 bits per heavy atom. The highest BCUT2D eigenvalue weighted by atomic mass is 16.2. The van der Waals surface area contributed by atoms with E-state index in [1.807, 2.05) is 11.9 Å². The molecule has 3 nitrogen and oxygen atoms in total. The molecule has 2 N–H and O–H groups in total. The van der Waals surface area contributed by atoms with Crippen molar-refractivity contribution in [2.45, 2.75) is 50.5 Å². The Morgan fingerprint density at radius 2 is 1.89 bits per heavy atom. The van der Waals surface area contributed by atoms with Gasteiger partial charge in [0.05, 0.1) is 5.69 Å². The minimum Gasteiger partial charge on any atom is -0.321 e. The molecule has 3 rings (SSSR count). The van der Waals surface area contributed by atoms with Crippen LogP contribution in [0.4, 0.5) is 5.69 Å². The van der Waals surface area contributed by atoms with Crippen molar-refractivity contribution in [1.82, 2.24) is 0 Å². The Kier molecular flexibility index (Phi) is 3.09. The standard InChI is InChI=1S/C16H22N2O/c1-18-14(19)9-8-12-6-5-7-13(15(12)18)16(17)10-3-2-4-11-16/h5-7H,2-4,8-11,17H2,1H3. The Hall–Kier alpha value is -1.35. The number of hydrogen-bond donors (Lipinski definition) is 1. The van der Waals surface area contributed by atoms with Crippen LogP contribution in [-0.4, -0.2) is 13.0 Å². The highest BCUT2D eigenvalue weighted by Crippen LogP contribution is 2.42. The van der Waals surface area contributed by atoms with Crippen LogP contribution in [0.3, 0.4) is 0 Å². The van der Waals surface area contributed by atoms with Crippen LogP contribution < -0.4 is 10.6 Å². The van der Waals surface area contributed by atoms with Crippen LogP contribution in [0.25, 0.3) is 0 Å². The van der Waals surface area contributed by atoms with Gasteiger partial charge in [-0.15, -0.1) is 0 Å². The summed E-state index contributed by atoms with van der Waals surface area (Å²) in [6.07, 6.45) is 7.20. The molecule has 1 fully saturated rings. The van der Waals surface area contributed by atoms with Crippen molar-refractivity contribution in [2.75, 3.05) is 11.9 Å². The first kappa shape index (κ1) is 12.7. The second kappa shape index (κ2) is 4.64. The molecule has 3 heteroatoms. The second-order valence-electron chi connectivity index (χ2n) is 5.98. The molecule has 1 aromatic rings. The van der Waals surface area contributed by atoms with Crippen molar-refractivity contribution in [3.05, 3.63) is 29.3 Å². The SMILES string of the molecule is CN1C(=O)CCc2cccc(C3(N)CCCCC3)c21. The fourth-order valence-electron chi connectivity index (χ4n) is 3.58. The first-order valence-corrected chi connectivity index (χ1v) is 7.30. The van der Waals surface area contributed by atoms with Crippen molar-refractivity contribution < 1.29 is 4.79 Å². The third kappa shape index (κ3) is 2.06. The first-order chi connectivity index (χ1) is 9.12. The highest BCUT2D eigenvalue weighted by Gasteiger charge is 2.35. The maximum absolute atomic E-state index is 12.0. The molecule has 0 unspecified atom stereocenters. The van der Waals surface area contributed by atoms with Gasteiger partial charge in [0, 0.05) is 19.0 Å². The van der Waals surface area contributed by atoms with Crippen molar-refractivity contribution >= 4 is 11.6 Å². The number of fused-ring (bicyclic) bond motifs is 1. The third-order valence-electron chi connectivity index (χ3n) is 4.72. The van der Waals surface area contributed by atoms with Gasteiger partial charge in [0.15, 0.2) is 0 Å². The number of hydrogen-bond acceptors (Lipinski definition) is 2. The molecule has 0 aromatic heterocycles. The molecule has 1 heterocycles. The summed E-state index contributed by atoms with van der Waals surface area (Å²) in [5.41, 5.74) is 9.97. The number of carbonyl (C=O) groups is 1. The van der Waals surface area contributed by atoms with Gasteiger partial charge in [-0.2, -0.15) is 0 Å². The van der Waals surface area contributed by atoms with Gasteiger partial charge in [0.25, 0.3) is 0 Å². The average molecular weight is 258 g/mol. The van der Waals surface area contributed by atoms with Crippen molar-refractivity contribution in [2.24, 2.45) is 5.73 Å². The van der Waals surface area contributed by atoms with E-state index in [4.69, 9.17) is 5.73 Å². The molecule has 1 saturated carbocycles. The summed E-state index contributed by atoms with van der Waals surface area (Å²) >= 11 is 0. The Labute approximate surface area is 114 Å². The van der Waals surface area contributed by atoms with Gasteiger partial charge in [0.1, 0.15) is 0 Å². The number of nitrogens with two attached hydrogens (primary N) is 1. The minimum atomic E-state index is -0.241. The van der Waals surface area contributed by atoms with Crippen LogP contribution >= 0.6 is 0 Å². The molecule has 1 aliphatic heterocycles. The monoisotopic (exact) mass is 258 g/mol. The fourth-order valence-corrected chi connectivity index (χ4v) is 3.58. The maximum atomic E-state index is 12.0. The zero-order valence-corrected chi connectivity index (χ0v) is 11.6. The number of anilines is 1. The Morgan fingerprint density at radius 1 is 1.16 bits per heavy atom. The van der Waals surface area contributed by atoms with Crippen molar-refractivity contribution in [3.63, 3.8) is 0 Å². The van der Waals surface area contributed by atoms with Gasteiger partial charge in [-0.1, -0.05) is 37.5 Å². The van der Waals surface area contributed by atoms with Crippen LogP contribution in [-0.2, 0) is 16.8 Å². The van der Waals surface area contributed by atoms with Crippen LogP contribution in [0.15, 0.2) is 18.2 Å². The summed E-state index contributed by atoms with van der Waals surface area (Å²) in [5, 5.41) is 0. The number of aryl methyl sites for hydroxylation is 1. The van der Waals surface area contributed by atoms with Gasteiger partial charge in [-0.25, -0.2) is 0 Å². The van der Waals surface area contributed by atoms with Gasteiger partial charge in [-0.3, -0.25) is 4.79 Å². The van der Waals surface area contributed by atoms with E-state index in [1.165, 1.54) is 30.4 Å². The number of carbonyl (C=O) groups excluding carboxylic acids is 1. The summed E-state index contributed by atoms with van der Waals surface area (Å²) in [6.45, 7) is 0. The summed E-state index contributed by atoms with van der Waals surface area (Å²) < 4.78 is 0. The second-order valence-corrected chi connectivity index (χ2v) is 5.98. The van der Waals surface area contributed by atoms with Gasteiger partial charge in [0.2, 0.25) is 5.91 Å². The number of benzene rings is 1. The van der Waals surface area contributed by atoms with E-state index in [-0.39, 0.29) is 11.4 Å². The number of amides is 1. The molecule has 19 heavy (non-hydrogen) atoms. The lowest BCUT2D eigenvalue weighted by Crippen LogP contribution is -2.42. The van der Waals surface area contributed by atoms with Crippen molar-refractivity contribution in [1.29, 1.82) is 0 Å². The van der Waals surface area contributed by atoms with Crippen molar-refractivity contribution in [3.8, 4) is 0 Å². The number of rotatable bonds is 1. The summed E-state index contributed by atoms with van der Waals surface area (Å²) in [7, 11) is 1.88. The van der Waals surface area contributed by atoms with E-state index in [9.17, 15) is 4.79 Å². The molecule has 0 atom stereocenters. The van der Waals surface area contributed by atoms with Crippen LogP contribution in [0.5, 0.6) is 0 Å². The molecule has 0 spiro atoms. The molecule has 1 amide bonds. The molecule has 0 bridgehead atoms. The molecule has 0 radical (unpaired) electrons. The minimum absolute atomic E-state index is 0.208. The topological polar surface area (TPSA) is 46.3 Å². The average Bonchev–Trinajstić information content (AvgIpc) is 2.43. The highest BCUT2D eigenvalue weighted by molar-refractivity contribution is 5.97. The molecule has 0 saturated heterocycles. The Balaban J connectivity index is 2.09. The fraction of sp³-hybridized carbons (Fsp3) is 0.562. The largest absolute Gasteiger partial charge is 0.321 e. The van der Waals surface area contributed by atoms with Crippen LogP contribution in [0, 0.1) is 0 Å². The lowest BCUT2D eigenvalue weighted by atomic mass is 9.75. The first-order valence-electron chi connectivity index (χ1n) is 7.30. The molecule has 102 valence electrons. The molecule has 1 aliphatic carbocycles. The molecular weight excluding hydrogens is 236 g/mol. The van der Waals surface area contributed by atoms with Gasteiger partial charge >= 0.3 is 0 Å². The zero-order valence-electron chi connectivity index (χ0n) is 11.6. The van der Waals surface area contributed by atoms with E-state index >= 15 is 0 Å². The van der Waals surface area contributed by atoms with Crippen LogP contribution in [0.2, 0.25) is 0 Å². The number of para-hydroxylation sites is 1. The van der Waals surface area contributed by atoms with E-state index in [0.717, 1.165) is 24.9 Å².